The maximum Gasteiger partial charge on any atom is 0.217 e. The van der Waals surface area contributed by atoms with E-state index in [0.29, 0.717) is 0 Å². The number of nitrogens with zero attached hydrogens (tertiary/aromatic N) is 1. The Morgan fingerprint density at radius 2 is 1.68 bits per heavy atom. The number of benzene rings is 1. The minimum Gasteiger partial charge on any atom is -0.726 e. The molecule has 1 aromatic heterocycles. The second kappa shape index (κ2) is 8.14. The second-order valence-corrected chi connectivity index (χ2v) is 6.99. The topological polar surface area (TPSA) is 87.4 Å². The van der Waals surface area contributed by atoms with Gasteiger partial charge in [-0.3, -0.25) is 4.18 Å². The molecule has 120 valence electrons. The van der Waals surface area contributed by atoms with E-state index in [0.717, 1.165) is 16.9 Å². The summed E-state index contributed by atoms with van der Waals surface area (Å²) in [4.78, 5) is 1.67. The zero-order valence-corrected chi connectivity index (χ0v) is 14.1. The predicted octanol–water partition coefficient (Wildman–Crippen LogP) is 1.08. The first-order chi connectivity index (χ1) is 10.2. The van der Waals surface area contributed by atoms with E-state index in [1.807, 2.05) is 67.3 Å². The van der Waals surface area contributed by atoms with E-state index in [1.54, 1.807) is 0 Å². The van der Waals surface area contributed by atoms with E-state index in [2.05, 4.69) is 4.18 Å². The van der Waals surface area contributed by atoms with Gasteiger partial charge in [-0.1, -0.05) is 17.7 Å². The molecule has 0 aliphatic carbocycles. The van der Waals surface area contributed by atoms with Crippen molar-refractivity contribution in [2.75, 3.05) is 7.11 Å². The molecule has 0 saturated carbocycles. The van der Waals surface area contributed by atoms with Crippen LogP contribution < -0.4 is 4.57 Å². The van der Waals surface area contributed by atoms with Crippen LogP contribution in [0.3, 0.4) is 0 Å². The highest BCUT2D eigenvalue weighted by Gasteiger charge is 2.09. The van der Waals surface area contributed by atoms with E-state index >= 15 is 0 Å². The molecule has 1 atom stereocenters. The summed E-state index contributed by atoms with van der Waals surface area (Å²) in [6.45, 7) is 2.02. The average Bonchev–Trinajstić information content (AvgIpc) is 2.47. The van der Waals surface area contributed by atoms with E-state index in [9.17, 15) is 17.2 Å². The van der Waals surface area contributed by atoms with Crippen LogP contribution in [-0.4, -0.2) is 24.3 Å². The third-order valence-corrected chi connectivity index (χ3v) is 4.34. The normalized spacial score (nSPS) is 12.2. The summed E-state index contributed by atoms with van der Waals surface area (Å²) in [6.07, 6.45) is 3.81. The Morgan fingerprint density at radius 1 is 1.14 bits per heavy atom. The highest BCUT2D eigenvalue weighted by atomic mass is 32.3. The standard InChI is InChI=1S/C13H14NOS.CH4O4S/c1-11-5-7-12(8-6-11)16(15)13-4-3-9-14(2)10-13;1-5-6(2,3)4/h3-10H,1-2H3;1H3,(H,2,3,4)/q+1;/p-1/t16-;/m0./s1. The molecule has 2 rings (SSSR count). The number of hydrogen-bond donors (Lipinski definition) is 0. The molecule has 1 heterocycles. The van der Waals surface area contributed by atoms with Crippen molar-refractivity contribution in [1.82, 2.24) is 0 Å². The summed E-state index contributed by atoms with van der Waals surface area (Å²) in [5, 5.41) is 0. The van der Waals surface area contributed by atoms with Crippen LogP contribution in [0, 0.1) is 6.92 Å². The van der Waals surface area contributed by atoms with Gasteiger partial charge in [-0.05, 0) is 25.1 Å². The van der Waals surface area contributed by atoms with Crippen molar-refractivity contribution in [3.63, 3.8) is 0 Å². The number of pyridine rings is 1. The lowest BCUT2D eigenvalue weighted by molar-refractivity contribution is -0.673. The lowest BCUT2D eigenvalue weighted by Gasteiger charge is -2.01. The molecule has 0 fully saturated rings. The fourth-order valence-corrected chi connectivity index (χ4v) is 2.59. The Balaban J connectivity index is 0.000000346. The smallest absolute Gasteiger partial charge is 0.217 e. The molecule has 6 nitrogen and oxygen atoms in total. The van der Waals surface area contributed by atoms with Gasteiger partial charge in [0.25, 0.3) is 0 Å². The second-order valence-electron chi connectivity index (χ2n) is 4.36. The predicted molar refractivity (Wildman–Crippen MR) is 80.2 cm³/mol. The van der Waals surface area contributed by atoms with E-state index in [4.69, 9.17) is 0 Å². The van der Waals surface area contributed by atoms with Crippen molar-refractivity contribution >= 4 is 21.2 Å². The first kappa shape index (κ1) is 18.4. The summed E-state index contributed by atoms with van der Waals surface area (Å²) in [5.74, 6) is 0. The van der Waals surface area contributed by atoms with Crippen LogP contribution in [0.25, 0.3) is 0 Å². The van der Waals surface area contributed by atoms with Crippen molar-refractivity contribution in [2.45, 2.75) is 16.7 Å². The van der Waals surface area contributed by atoms with Gasteiger partial charge in [-0.15, -0.1) is 0 Å². The number of aryl methyl sites for hydroxylation is 2. The Bertz CT molecular complexity index is 742. The summed E-state index contributed by atoms with van der Waals surface area (Å²) in [5.41, 5.74) is 1.18. The van der Waals surface area contributed by atoms with Gasteiger partial charge >= 0.3 is 0 Å². The lowest BCUT2D eigenvalue weighted by Crippen LogP contribution is -2.26. The zero-order chi connectivity index (χ0) is 16.8. The van der Waals surface area contributed by atoms with E-state index < -0.39 is 21.2 Å². The Kier molecular flexibility index (Phi) is 6.82. The molecule has 22 heavy (non-hydrogen) atoms. The quantitative estimate of drug-likeness (QED) is 0.473. The molecule has 2 aromatic rings. The zero-order valence-electron chi connectivity index (χ0n) is 12.4. The number of rotatable bonds is 3. The Hall–Kier alpha value is -1.61. The van der Waals surface area contributed by atoms with Gasteiger partial charge in [0, 0.05) is 11.0 Å². The molecule has 8 heteroatoms. The van der Waals surface area contributed by atoms with Crippen molar-refractivity contribution in [3.05, 3.63) is 54.4 Å². The largest absolute Gasteiger partial charge is 0.726 e. The van der Waals surface area contributed by atoms with Crippen LogP contribution >= 0.6 is 0 Å². The van der Waals surface area contributed by atoms with Crippen molar-refractivity contribution in [1.29, 1.82) is 0 Å². The van der Waals surface area contributed by atoms with Crippen LogP contribution in [0.5, 0.6) is 0 Å². The third kappa shape index (κ3) is 6.44. The van der Waals surface area contributed by atoms with Gasteiger partial charge in [-0.25, -0.2) is 17.2 Å². The molecular formula is C14H17NO5S2. The van der Waals surface area contributed by atoms with Gasteiger partial charge in [-0.2, -0.15) is 0 Å². The molecule has 0 amide bonds. The van der Waals surface area contributed by atoms with Crippen LogP contribution in [0.4, 0.5) is 0 Å². The Morgan fingerprint density at radius 3 is 2.14 bits per heavy atom. The van der Waals surface area contributed by atoms with Gasteiger partial charge in [0.2, 0.25) is 10.4 Å². The first-order valence-electron chi connectivity index (χ1n) is 6.18. The minimum atomic E-state index is -4.41. The fraction of sp³-hybridized carbons (Fsp3) is 0.214. The summed E-state index contributed by atoms with van der Waals surface area (Å²) in [6, 6.07) is 11.6. The molecule has 0 bridgehead atoms. The average molecular weight is 343 g/mol. The third-order valence-electron chi connectivity index (χ3n) is 2.57. The van der Waals surface area contributed by atoms with Crippen molar-refractivity contribution in [3.8, 4) is 0 Å². The van der Waals surface area contributed by atoms with E-state index in [-0.39, 0.29) is 0 Å². The summed E-state index contributed by atoms with van der Waals surface area (Å²) >= 11 is 0. The van der Waals surface area contributed by atoms with Crippen molar-refractivity contribution in [2.24, 2.45) is 7.05 Å². The molecule has 0 aliphatic rings. The molecule has 0 saturated heterocycles. The highest BCUT2D eigenvalue weighted by molar-refractivity contribution is 7.85. The summed E-state index contributed by atoms with van der Waals surface area (Å²) < 4.78 is 45.1. The maximum absolute atomic E-state index is 12.2. The first-order valence-corrected chi connectivity index (χ1v) is 8.66. The molecule has 0 aliphatic heterocycles. The van der Waals surface area contributed by atoms with Gasteiger partial charge in [0.15, 0.2) is 12.4 Å². The number of aromatic nitrogens is 1. The molecular weight excluding hydrogens is 326 g/mol. The van der Waals surface area contributed by atoms with Crippen LogP contribution in [0.15, 0.2) is 58.6 Å². The van der Waals surface area contributed by atoms with Crippen molar-refractivity contribution < 1.29 is 25.9 Å². The summed E-state index contributed by atoms with van der Waals surface area (Å²) in [7, 11) is -2.76. The van der Waals surface area contributed by atoms with E-state index in [1.165, 1.54) is 5.56 Å². The van der Waals surface area contributed by atoms with Crippen LogP contribution in [-0.2, 0) is 32.4 Å². The van der Waals surface area contributed by atoms with Crippen LogP contribution in [0.1, 0.15) is 5.56 Å². The molecule has 1 aromatic carbocycles. The number of hydrogen-bond acceptors (Lipinski definition) is 5. The minimum absolute atomic E-state index is 0.808. The van der Waals surface area contributed by atoms with Gasteiger partial charge < -0.3 is 4.55 Å². The van der Waals surface area contributed by atoms with Crippen LogP contribution in [0.2, 0.25) is 0 Å². The SMILES string of the molecule is COS(=O)(=O)[O-].Cc1ccc([S@](=O)c2ccc[n+](C)c2)cc1. The fourth-order valence-electron chi connectivity index (χ4n) is 1.47. The molecule has 0 N–H and O–H groups in total. The highest BCUT2D eigenvalue weighted by Crippen LogP contribution is 2.15. The molecule has 0 radical (unpaired) electrons. The van der Waals surface area contributed by atoms with Gasteiger partial charge in [0.05, 0.1) is 17.9 Å². The Labute approximate surface area is 132 Å². The lowest BCUT2D eigenvalue weighted by atomic mass is 10.2. The molecule has 0 unspecified atom stereocenters. The maximum atomic E-state index is 12.2. The monoisotopic (exact) mass is 343 g/mol. The van der Waals surface area contributed by atoms with Gasteiger partial charge in [0.1, 0.15) is 11.9 Å². The molecule has 0 spiro atoms.